The summed E-state index contributed by atoms with van der Waals surface area (Å²) in [6.45, 7) is 0.0397. The van der Waals surface area contributed by atoms with Crippen LogP contribution in [0.4, 0.5) is 4.79 Å². The fourth-order valence-electron chi connectivity index (χ4n) is 3.66. The predicted molar refractivity (Wildman–Crippen MR) is 137 cm³/mol. The molecule has 0 aliphatic carbocycles. The summed E-state index contributed by atoms with van der Waals surface area (Å²) in [4.78, 5) is 25.6. The van der Waals surface area contributed by atoms with Gasteiger partial charge in [-0.25, -0.2) is 9.59 Å². The average molecular weight is 504 g/mol. The molecule has 4 aromatic rings. The van der Waals surface area contributed by atoms with Crippen molar-refractivity contribution in [2.45, 2.75) is 25.7 Å². The van der Waals surface area contributed by atoms with E-state index in [2.05, 4.69) is 5.32 Å². The molecule has 184 valence electrons. The topological polar surface area (TPSA) is 87.0 Å². The second-order valence-electron chi connectivity index (χ2n) is 8.01. The lowest BCUT2D eigenvalue weighted by molar-refractivity contribution is -0.147. The van der Waals surface area contributed by atoms with Gasteiger partial charge in [-0.3, -0.25) is 0 Å². The Bertz CT molecular complexity index is 1390. The Labute approximate surface area is 213 Å². The van der Waals surface area contributed by atoms with Gasteiger partial charge in [0.2, 0.25) is 0 Å². The molecule has 0 fully saturated rings. The summed E-state index contributed by atoms with van der Waals surface area (Å²) in [6, 6.07) is 24.7. The van der Waals surface area contributed by atoms with E-state index in [1.807, 2.05) is 66.7 Å². The maximum Gasteiger partial charge on any atom is 0.408 e. The van der Waals surface area contributed by atoms with Gasteiger partial charge in [-0.15, -0.1) is 0 Å². The Morgan fingerprint density at radius 2 is 1.58 bits per heavy atom. The number of hydrogen-bond acceptors (Lipinski definition) is 7. The van der Waals surface area contributed by atoms with E-state index in [0.29, 0.717) is 16.9 Å². The van der Waals surface area contributed by atoms with Crippen molar-refractivity contribution in [1.82, 2.24) is 5.32 Å². The van der Waals surface area contributed by atoms with Gasteiger partial charge < -0.3 is 23.9 Å². The number of nitrogens with one attached hydrogen (secondary N) is 1. The Morgan fingerprint density at radius 1 is 0.889 bits per heavy atom. The Balaban J connectivity index is 1.47. The van der Waals surface area contributed by atoms with Gasteiger partial charge in [-0.2, -0.15) is 0 Å². The van der Waals surface area contributed by atoms with Crippen LogP contribution in [0, 0.1) is 4.71 Å². The number of ether oxygens (including phenoxy) is 3. The summed E-state index contributed by atoms with van der Waals surface area (Å²) in [5, 5.41) is 3.39. The number of methoxy groups -OCH3 is 1. The van der Waals surface area contributed by atoms with Crippen LogP contribution in [-0.4, -0.2) is 25.2 Å². The van der Waals surface area contributed by atoms with Crippen molar-refractivity contribution < 1.29 is 28.2 Å². The molecular weight excluding hydrogens is 478 g/mol. The molecule has 3 aromatic carbocycles. The van der Waals surface area contributed by atoms with Gasteiger partial charge in [0.15, 0.2) is 4.71 Å². The molecule has 1 amide bonds. The van der Waals surface area contributed by atoms with E-state index in [-0.39, 0.29) is 24.3 Å². The van der Waals surface area contributed by atoms with Gasteiger partial charge in [0.1, 0.15) is 30.6 Å². The Kier molecular flexibility index (Phi) is 8.31. The van der Waals surface area contributed by atoms with E-state index in [1.54, 1.807) is 25.3 Å². The number of carbonyl (C=O) groups excluding carboxylic acids is 2. The highest BCUT2D eigenvalue weighted by Crippen LogP contribution is 2.25. The van der Waals surface area contributed by atoms with E-state index >= 15 is 0 Å². The van der Waals surface area contributed by atoms with Crippen LogP contribution in [-0.2, 0) is 33.9 Å². The number of alkyl carbamates (subject to hydrolysis) is 1. The Hall–Kier alpha value is -4.17. The normalized spacial score (nSPS) is 11.5. The zero-order valence-electron chi connectivity index (χ0n) is 19.6. The molecule has 1 atom stereocenters. The first-order valence-corrected chi connectivity index (χ1v) is 11.7. The number of rotatable bonds is 9. The molecule has 0 saturated carbocycles. The minimum atomic E-state index is -0.946. The maximum absolute atomic E-state index is 13.1. The molecule has 0 unspecified atom stereocenters. The predicted octanol–water partition coefficient (Wildman–Crippen LogP) is 5.75. The summed E-state index contributed by atoms with van der Waals surface area (Å²) in [5.74, 6) is 0.0276. The molecule has 36 heavy (non-hydrogen) atoms. The van der Waals surface area contributed by atoms with Crippen molar-refractivity contribution >= 4 is 35.2 Å². The van der Waals surface area contributed by atoms with Gasteiger partial charge in [0.25, 0.3) is 0 Å². The highest BCUT2D eigenvalue weighted by Gasteiger charge is 2.24. The van der Waals surface area contributed by atoms with Crippen LogP contribution in [0.3, 0.4) is 0 Å². The Morgan fingerprint density at radius 3 is 2.28 bits per heavy atom. The molecule has 0 radical (unpaired) electrons. The first-order chi connectivity index (χ1) is 17.5. The molecule has 4 rings (SSSR count). The third-order valence-electron chi connectivity index (χ3n) is 5.48. The summed E-state index contributed by atoms with van der Waals surface area (Å²) >= 11 is 5.23. The number of esters is 1. The van der Waals surface area contributed by atoms with Gasteiger partial charge in [-0.05, 0) is 41.5 Å². The molecule has 8 heteroatoms. The third-order valence-corrected chi connectivity index (χ3v) is 5.68. The highest BCUT2D eigenvalue weighted by atomic mass is 32.1. The maximum atomic E-state index is 13.1. The smallest absolute Gasteiger partial charge is 0.408 e. The van der Waals surface area contributed by atoms with Gasteiger partial charge in [0.05, 0.1) is 7.11 Å². The minimum absolute atomic E-state index is 0.0479. The number of benzene rings is 3. The molecule has 1 heterocycles. The molecule has 0 aliphatic rings. The number of hydrogen-bond donors (Lipinski definition) is 1. The van der Waals surface area contributed by atoms with Gasteiger partial charge >= 0.3 is 12.1 Å². The lowest BCUT2D eigenvalue weighted by Crippen LogP contribution is -2.43. The summed E-state index contributed by atoms with van der Waals surface area (Å²) in [5.41, 5.74) is 2.91. The molecular formula is C28H25NO6S. The van der Waals surface area contributed by atoms with Crippen molar-refractivity contribution in [2.24, 2.45) is 0 Å². The largest absolute Gasteiger partial charge is 0.497 e. The van der Waals surface area contributed by atoms with Crippen LogP contribution >= 0.6 is 12.2 Å². The first-order valence-electron chi connectivity index (χ1n) is 11.3. The van der Waals surface area contributed by atoms with Crippen molar-refractivity contribution in [3.8, 4) is 5.75 Å². The molecule has 0 spiro atoms. The minimum Gasteiger partial charge on any atom is -0.497 e. The van der Waals surface area contributed by atoms with Crippen molar-refractivity contribution in [3.05, 3.63) is 106 Å². The van der Waals surface area contributed by atoms with Crippen LogP contribution in [0.1, 0.15) is 16.7 Å². The fourth-order valence-corrected chi connectivity index (χ4v) is 3.89. The summed E-state index contributed by atoms with van der Waals surface area (Å²) in [7, 11) is 1.56. The van der Waals surface area contributed by atoms with Crippen molar-refractivity contribution in [3.63, 3.8) is 0 Å². The van der Waals surface area contributed by atoms with Crippen LogP contribution in [0.25, 0.3) is 11.0 Å². The number of carbonyl (C=O) groups is 2. The second kappa shape index (κ2) is 12.0. The first kappa shape index (κ1) is 24.9. The summed E-state index contributed by atoms with van der Waals surface area (Å²) < 4.78 is 22.0. The van der Waals surface area contributed by atoms with E-state index in [0.717, 1.165) is 16.5 Å². The van der Waals surface area contributed by atoms with Crippen LogP contribution in [0.5, 0.6) is 5.75 Å². The highest BCUT2D eigenvalue weighted by molar-refractivity contribution is 7.71. The molecule has 0 bridgehead atoms. The van der Waals surface area contributed by atoms with E-state index in [9.17, 15) is 9.59 Å². The molecule has 0 aliphatic heterocycles. The lowest BCUT2D eigenvalue weighted by atomic mass is 10.1. The third kappa shape index (κ3) is 6.70. The lowest BCUT2D eigenvalue weighted by Gasteiger charge is -2.18. The molecule has 0 saturated heterocycles. The van der Waals surface area contributed by atoms with Crippen molar-refractivity contribution in [1.29, 1.82) is 0 Å². The van der Waals surface area contributed by atoms with Crippen molar-refractivity contribution in [2.75, 3.05) is 7.11 Å². The van der Waals surface area contributed by atoms with Crippen LogP contribution in [0.15, 0.2) is 89.3 Å². The molecule has 1 aromatic heterocycles. The zero-order valence-corrected chi connectivity index (χ0v) is 20.5. The SMILES string of the molecule is COc1ccc2c(COC(=O)[C@H](Cc3ccccc3)NC(=O)OCc3ccccc3)cc(=S)oc2c1. The van der Waals surface area contributed by atoms with Crippen LogP contribution in [0.2, 0.25) is 0 Å². The standard InChI is InChI=1S/C28H25NO6S/c1-32-22-12-13-23-21(15-26(36)35-25(23)16-22)18-33-27(30)24(14-19-8-4-2-5-9-19)29-28(31)34-17-20-10-6-3-7-11-20/h2-13,15-16,24H,14,17-18H2,1H3,(H,29,31)/t24-/m0/s1. The molecule has 1 N–H and O–H groups in total. The second-order valence-corrected chi connectivity index (χ2v) is 8.41. The van der Waals surface area contributed by atoms with Gasteiger partial charge in [-0.1, -0.05) is 60.7 Å². The number of amides is 1. The van der Waals surface area contributed by atoms with E-state index in [1.165, 1.54) is 0 Å². The van der Waals surface area contributed by atoms with Gasteiger partial charge in [0, 0.05) is 23.4 Å². The molecule has 7 nitrogen and oxygen atoms in total. The average Bonchev–Trinajstić information content (AvgIpc) is 2.90. The monoisotopic (exact) mass is 503 g/mol. The quantitative estimate of drug-likeness (QED) is 0.230. The fraction of sp³-hybridized carbons (Fsp3) is 0.179. The zero-order chi connectivity index (χ0) is 25.3. The summed E-state index contributed by atoms with van der Waals surface area (Å²) in [6.07, 6.45) is -0.463. The van der Waals surface area contributed by atoms with E-state index < -0.39 is 18.1 Å². The van der Waals surface area contributed by atoms with E-state index in [4.69, 9.17) is 30.8 Å². The number of fused-ring (bicyclic) bond motifs is 1. The van der Waals surface area contributed by atoms with Crippen LogP contribution < -0.4 is 10.1 Å².